The van der Waals surface area contributed by atoms with Crippen LogP contribution in [0.25, 0.3) is 11.3 Å². The van der Waals surface area contributed by atoms with Crippen LogP contribution in [0.5, 0.6) is 5.88 Å². The van der Waals surface area contributed by atoms with Crippen molar-refractivity contribution in [3.05, 3.63) is 67.9 Å². The van der Waals surface area contributed by atoms with Gasteiger partial charge in [0.2, 0.25) is 0 Å². The van der Waals surface area contributed by atoms with Crippen molar-refractivity contribution in [1.82, 2.24) is 9.97 Å². The Morgan fingerprint density at radius 3 is 2.77 bits per heavy atom. The second-order valence-electron chi connectivity index (χ2n) is 4.69. The standard InChI is InChI=1S/C15H11ClN2O3S/c16-9-3-1-2-8(6-9)12-5-4-10(21-12)7-11-13(19)17-15(22)18-14(11)20/h1-6H,7H2,(H3,17,18,19,20,22). The number of nitrogens with one attached hydrogen (secondary N) is 2. The Kier molecular flexibility index (Phi) is 3.87. The molecule has 0 saturated heterocycles. The van der Waals surface area contributed by atoms with E-state index in [-0.39, 0.29) is 22.6 Å². The van der Waals surface area contributed by atoms with E-state index < -0.39 is 5.56 Å². The van der Waals surface area contributed by atoms with Crippen molar-refractivity contribution in [1.29, 1.82) is 0 Å². The molecule has 0 amide bonds. The maximum absolute atomic E-state index is 11.8. The minimum atomic E-state index is -0.443. The number of furan rings is 1. The molecule has 0 fully saturated rings. The molecule has 3 rings (SSSR count). The van der Waals surface area contributed by atoms with Crippen LogP contribution < -0.4 is 5.56 Å². The average molecular weight is 335 g/mol. The minimum Gasteiger partial charge on any atom is -0.494 e. The Bertz CT molecular complexity index is 942. The molecular weight excluding hydrogens is 324 g/mol. The Morgan fingerprint density at radius 1 is 1.23 bits per heavy atom. The summed E-state index contributed by atoms with van der Waals surface area (Å²) < 4.78 is 5.78. The minimum absolute atomic E-state index is 0.0744. The van der Waals surface area contributed by atoms with E-state index in [1.165, 1.54) is 0 Å². The van der Waals surface area contributed by atoms with Gasteiger partial charge in [0, 0.05) is 17.0 Å². The van der Waals surface area contributed by atoms with Crippen molar-refractivity contribution < 1.29 is 9.52 Å². The number of aromatic hydroxyl groups is 1. The molecule has 0 aliphatic carbocycles. The van der Waals surface area contributed by atoms with Crippen LogP contribution in [0.4, 0.5) is 0 Å². The van der Waals surface area contributed by atoms with Gasteiger partial charge in [0.15, 0.2) is 10.7 Å². The molecule has 3 N–H and O–H groups in total. The molecule has 0 atom stereocenters. The molecule has 0 aliphatic heterocycles. The first-order chi connectivity index (χ1) is 10.5. The van der Waals surface area contributed by atoms with Crippen LogP contribution in [0.2, 0.25) is 5.02 Å². The highest BCUT2D eigenvalue weighted by Gasteiger charge is 2.12. The summed E-state index contributed by atoms with van der Waals surface area (Å²) >= 11 is 10.7. The SMILES string of the molecule is O=c1[nH]c(=S)[nH]c(O)c1Cc1ccc(-c2cccc(Cl)c2)o1. The first kappa shape index (κ1) is 14.6. The molecule has 1 aromatic carbocycles. The van der Waals surface area contributed by atoms with Gasteiger partial charge in [-0.1, -0.05) is 23.7 Å². The molecule has 0 radical (unpaired) electrons. The van der Waals surface area contributed by atoms with E-state index in [0.29, 0.717) is 16.5 Å². The predicted molar refractivity (Wildman–Crippen MR) is 85.9 cm³/mol. The number of rotatable bonds is 3. The number of benzene rings is 1. The molecule has 0 saturated carbocycles. The van der Waals surface area contributed by atoms with Gasteiger partial charge >= 0.3 is 0 Å². The fourth-order valence-electron chi connectivity index (χ4n) is 2.11. The average Bonchev–Trinajstić information content (AvgIpc) is 2.91. The summed E-state index contributed by atoms with van der Waals surface area (Å²) in [5.41, 5.74) is 0.562. The number of aromatic nitrogens is 2. The molecule has 0 unspecified atom stereocenters. The zero-order chi connectivity index (χ0) is 15.7. The first-order valence-electron chi connectivity index (χ1n) is 6.42. The van der Waals surface area contributed by atoms with Gasteiger partial charge in [-0.2, -0.15) is 0 Å². The van der Waals surface area contributed by atoms with Crippen molar-refractivity contribution >= 4 is 23.8 Å². The highest BCUT2D eigenvalue weighted by atomic mass is 35.5. The van der Waals surface area contributed by atoms with Crippen LogP contribution >= 0.6 is 23.8 Å². The Morgan fingerprint density at radius 2 is 2.05 bits per heavy atom. The molecule has 7 heteroatoms. The van der Waals surface area contributed by atoms with Crippen molar-refractivity contribution in [3.63, 3.8) is 0 Å². The third kappa shape index (κ3) is 2.98. The van der Waals surface area contributed by atoms with E-state index in [1.807, 2.05) is 12.1 Å². The van der Waals surface area contributed by atoms with Crippen LogP contribution in [0.15, 0.2) is 45.6 Å². The lowest BCUT2D eigenvalue weighted by Gasteiger charge is -2.01. The predicted octanol–water partition coefficient (Wildman–Crippen LogP) is 3.64. The zero-order valence-electron chi connectivity index (χ0n) is 11.2. The Balaban J connectivity index is 1.93. The van der Waals surface area contributed by atoms with Crippen molar-refractivity contribution in [3.8, 4) is 17.2 Å². The maximum atomic E-state index is 11.8. The largest absolute Gasteiger partial charge is 0.494 e. The third-order valence-corrected chi connectivity index (χ3v) is 3.58. The smallest absolute Gasteiger partial charge is 0.259 e. The van der Waals surface area contributed by atoms with Crippen molar-refractivity contribution in [2.45, 2.75) is 6.42 Å². The summed E-state index contributed by atoms with van der Waals surface area (Å²) in [4.78, 5) is 16.8. The van der Waals surface area contributed by atoms with Gasteiger partial charge in [-0.05, 0) is 36.5 Å². The van der Waals surface area contributed by atoms with Gasteiger partial charge in [0.1, 0.15) is 11.5 Å². The van der Waals surface area contributed by atoms with E-state index in [4.69, 9.17) is 28.2 Å². The number of aromatic amines is 2. The molecule has 2 aromatic heterocycles. The summed E-state index contributed by atoms with van der Waals surface area (Å²) in [5, 5.41) is 10.4. The van der Waals surface area contributed by atoms with Crippen LogP contribution in [-0.2, 0) is 6.42 Å². The number of hydrogen-bond acceptors (Lipinski definition) is 4. The van der Waals surface area contributed by atoms with Crippen LogP contribution in [0.1, 0.15) is 11.3 Å². The van der Waals surface area contributed by atoms with Gasteiger partial charge in [-0.25, -0.2) is 0 Å². The number of halogens is 1. The summed E-state index contributed by atoms with van der Waals surface area (Å²) in [6.45, 7) is 0. The molecule has 2 heterocycles. The Labute approximate surface area is 135 Å². The van der Waals surface area contributed by atoms with E-state index in [9.17, 15) is 9.90 Å². The van der Waals surface area contributed by atoms with Crippen LogP contribution in [-0.4, -0.2) is 15.1 Å². The molecule has 0 aliphatic rings. The van der Waals surface area contributed by atoms with E-state index in [0.717, 1.165) is 5.56 Å². The molecule has 0 spiro atoms. The molecule has 112 valence electrons. The first-order valence-corrected chi connectivity index (χ1v) is 7.20. The summed E-state index contributed by atoms with van der Waals surface area (Å²) in [5.74, 6) is 0.924. The quantitative estimate of drug-likeness (QED) is 0.639. The lowest BCUT2D eigenvalue weighted by atomic mass is 10.2. The lowest BCUT2D eigenvalue weighted by molar-refractivity contribution is 0.439. The van der Waals surface area contributed by atoms with E-state index >= 15 is 0 Å². The topological polar surface area (TPSA) is 82.0 Å². The summed E-state index contributed by atoms with van der Waals surface area (Å²) in [6.07, 6.45) is 0.147. The van der Waals surface area contributed by atoms with Crippen LogP contribution in [0.3, 0.4) is 0 Å². The third-order valence-electron chi connectivity index (χ3n) is 3.14. The van der Waals surface area contributed by atoms with Crippen molar-refractivity contribution in [2.24, 2.45) is 0 Å². The second-order valence-corrected chi connectivity index (χ2v) is 5.53. The lowest BCUT2D eigenvalue weighted by Crippen LogP contribution is -2.14. The second kappa shape index (κ2) is 5.82. The highest BCUT2D eigenvalue weighted by Crippen LogP contribution is 2.26. The van der Waals surface area contributed by atoms with Gasteiger partial charge in [-0.15, -0.1) is 0 Å². The monoisotopic (exact) mass is 334 g/mol. The van der Waals surface area contributed by atoms with E-state index in [2.05, 4.69) is 9.97 Å². The molecule has 3 aromatic rings. The van der Waals surface area contributed by atoms with Gasteiger partial charge in [-0.3, -0.25) is 9.78 Å². The number of H-pyrrole nitrogens is 2. The van der Waals surface area contributed by atoms with Gasteiger partial charge in [0.25, 0.3) is 5.56 Å². The van der Waals surface area contributed by atoms with Gasteiger partial charge < -0.3 is 14.5 Å². The normalized spacial score (nSPS) is 10.8. The summed E-state index contributed by atoms with van der Waals surface area (Å²) in [7, 11) is 0. The summed E-state index contributed by atoms with van der Waals surface area (Å²) in [6, 6.07) is 10.8. The molecule has 22 heavy (non-hydrogen) atoms. The molecule has 0 bridgehead atoms. The molecular formula is C15H11ClN2O3S. The number of hydrogen-bond donors (Lipinski definition) is 3. The zero-order valence-corrected chi connectivity index (χ0v) is 12.8. The molecule has 5 nitrogen and oxygen atoms in total. The van der Waals surface area contributed by atoms with E-state index in [1.54, 1.807) is 24.3 Å². The van der Waals surface area contributed by atoms with Crippen LogP contribution in [0, 0.1) is 4.77 Å². The Hall–Kier alpha value is -2.31. The fourth-order valence-corrected chi connectivity index (χ4v) is 2.49. The van der Waals surface area contributed by atoms with Gasteiger partial charge in [0.05, 0.1) is 5.56 Å². The highest BCUT2D eigenvalue weighted by molar-refractivity contribution is 7.71. The van der Waals surface area contributed by atoms with Crippen molar-refractivity contribution in [2.75, 3.05) is 0 Å². The fraction of sp³-hybridized carbons (Fsp3) is 0.0667. The maximum Gasteiger partial charge on any atom is 0.259 e.